The molecule has 0 aromatic carbocycles. The van der Waals surface area contributed by atoms with Crippen LogP contribution in [-0.4, -0.2) is 29.4 Å². The second kappa shape index (κ2) is 6.18. The highest BCUT2D eigenvalue weighted by Crippen LogP contribution is 2.12. The van der Waals surface area contributed by atoms with Crippen molar-refractivity contribution in [2.24, 2.45) is 5.92 Å². The van der Waals surface area contributed by atoms with Crippen LogP contribution in [0, 0.1) is 5.92 Å². The van der Waals surface area contributed by atoms with Gasteiger partial charge in [-0.25, -0.2) is 0 Å². The quantitative estimate of drug-likeness (QED) is 0.559. The van der Waals surface area contributed by atoms with E-state index in [4.69, 9.17) is 0 Å². The molecule has 0 aromatic heterocycles. The van der Waals surface area contributed by atoms with Gasteiger partial charge >= 0.3 is 0 Å². The van der Waals surface area contributed by atoms with Crippen LogP contribution in [0.4, 0.5) is 0 Å². The van der Waals surface area contributed by atoms with E-state index in [1.807, 2.05) is 0 Å². The van der Waals surface area contributed by atoms with Gasteiger partial charge in [-0.1, -0.05) is 12.8 Å². The molecule has 1 atom stereocenters. The van der Waals surface area contributed by atoms with Crippen molar-refractivity contribution < 1.29 is 0 Å². The van der Waals surface area contributed by atoms with Crippen LogP contribution in [0.15, 0.2) is 0 Å². The summed E-state index contributed by atoms with van der Waals surface area (Å²) in [6.45, 7) is 2.48. The molecule has 10 heavy (non-hydrogen) atoms. The largest absolute Gasteiger partial charge is 0.344 e. The van der Waals surface area contributed by atoms with E-state index < -0.39 is 0 Å². The smallest absolute Gasteiger partial charge is 0.118 e. The van der Waals surface area contributed by atoms with Crippen molar-refractivity contribution in [3.05, 3.63) is 0 Å². The molecule has 0 amide bonds. The van der Waals surface area contributed by atoms with Gasteiger partial charge in [-0.3, -0.25) is 0 Å². The monoisotopic (exact) mass is 156 g/mol. The summed E-state index contributed by atoms with van der Waals surface area (Å²) in [6, 6.07) is 0. The Morgan fingerprint density at radius 3 is 2.90 bits per heavy atom. The highest BCUT2D eigenvalue weighted by molar-refractivity contribution is 6.08. The van der Waals surface area contributed by atoms with Crippen LogP contribution in [0.25, 0.3) is 0 Å². The minimum absolute atomic E-state index is 0. The summed E-state index contributed by atoms with van der Waals surface area (Å²) >= 11 is 2.83. The summed E-state index contributed by atoms with van der Waals surface area (Å²) in [5.41, 5.74) is 0. The average Bonchev–Trinajstić information content (AvgIpc) is 2.13. The Morgan fingerprint density at radius 1 is 1.40 bits per heavy atom. The first-order valence-corrected chi connectivity index (χ1v) is 4.66. The lowest BCUT2D eigenvalue weighted by Gasteiger charge is -2.09. The highest BCUT2D eigenvalue weighted by Gasteiger charge is 2.07. The van der Waals surface area contributed by atoms with E-state index in [9.17, 15) is 0 Å². The first kappa shape index (κ1) is 10.5. The molecule has 0 bridgehead atoms. The average molecular weight is 156 g/mol. The summed E-state index contributed by atoms with van der Waals surface area (Å²) < 4.78 is 0. The zero-order valence-corrected chi connectivity index (χ0v) is 7.76. The van der Waals surface area contributed by atoms with Crippen LogP contribution >= 0.6 is 0 Å². The number of hydrogen-bond donors (Lipinski definition) is 2. The van der Waals surface area contributed by atoms with Crippen molar-refractivity contribution in [2.75, 3.05) is 13.1 Å². The molecule has 4 N–H and O–H groups in total. The number of rotatable bonds is 1. The second-order valence-electron chi connectivity index (χ2n) is 2.80. The first-order chi connectivity index (χ1) is 4.43. The Hall–Kier alpha value is 0.452. The molecule has 0 aliphatic carbocycles. The van der Waals surface area contributed by atoms with Gasteiger partial charge in [0, 0.05) is 0 Å². The Labute approximate surface area is 71.8 Å². The zero-order chi connectivity index (χ0) is 6.53. The molecular formula is C7H17AlN2. The van der Waals surface area contributed by atoms with Crippen LogP contribution < -0.4 is 11.5 Å². The molecule has 0 saturated carbocycles. The molecule has 0 aromatic rings. The lowest BCUT2D eigenvalue weighted by Crippen LogP contribution is -2.20. The molecule has 1 aliphatic rings. The van der Waals surface area contributed by atoms with Gasteiger partial charge in [0.2, 0.25) is 0 Å². The van der Waals surface area contributed by atoms with Gasteiger partial charge in [-0.15, -0.1) is 5.28 Å². The van der Waals surface area contributed by atoms with Crippen LogP contribution in [0.5, 0.6) is 0 Å². The van der Waals surface area contributed by atoms with Crippen LogP contribution in [0.3, 0.4) is 0 Å². The van der Waals surface area contributed by atoms with Crippen molar-refractivity contribution >= 4 is 16.3 Å². The van der Waals surface area contributed by atoms with E-state index in [2.05, 4.69) is 21.6 Å². The third kappa shape index (κ3) is 3.58. The van der Waals surface area contributed by atoms with E-state index in [1.165, 1.54) is 37.6 Å². The minimum Gasteiger partial charge on any atom is -0.344 e. The van der Waals surface area contributed by atoms with E-state index in [1.54, 1.807) is 0 Å². The van der Waals surface area contributed by atoms with Crippen molar-refractivity contribution in [1.82, 2.24) is 11.5 Å². The molecule has 0 spiro atoms. The van der Waals surface area contributed by atoms with E-state index in [0.717, 1.165) is 5.92 Å². The summed E-state index contributed by atoms with van der Waals surface area (Å²) in [4.78, 5) is 0. The number of hydrogen-bond acceptors (Lipinski definition) is 2. The van der Waals surface area contributed by atoms with Crippen molar-refractivity contribution in [3.63, 3.8) is 0 Å². The molecule has 1 unspecified atom stereocenters. The van der Waals surface area contributed by atoms with E-state index >= 15 is 0 Å². The first-order valence-electron chi connectivity index (χ1n) is 3.84. The maximum Gasteiger partial charge on any atom is 0.118 e. The molecule has 3 heteroatoms. The third-order valence-electron chi connectivity index (χ3n) is 1.98. The lowest BCUT2D eigenvalue weighted by molar-refractivity contribution is 0.525. The van der Waals surface area contributed by atoms with Gasteiger partial charge in [0.05, 0.1) is 0 Å². The molecule has 1 saturated heterocycles. The normalized spacial score (nSPS) is 26.6. The Bertz CT molecular complexity index is 70.0. The van der Waals surface area contributed by atoms with Gasteiger partial charge < -0.3 is 11.5 Å². The molecule has 1 aliphatic heterocycles. The predicted octanol–water partition coefficient (Wildman–Crippen LogP) is 1.12. The fourth-order valence-corrected chi connectivity index (χ4v) is 1.69. The van der Waals surface area contributed by atoms with E-state index in [0.29, 0.717) is 0 Å². The molecule has 1 fully saturated rings. The van der Waals surface area contributed by atoms with Gasteiger partial charge in [-0.05, 0) is 25.4 Å². The highest BCUT2D eigenvalue weighted by atomic mass is 27.0. The zero-order valence-electron chi connectivity index (χ0n) is 6.60. The predicted molar refractivity (Wildman–Crippen MR) is 45.8 cm³/mol. The molecule has 58 valence electrons. The Balaban J connectivity index is 0.000000810. The summed E-state index contributed by atoms with van der Waals surface area (Å²) in [5.74, 6) is 0.928. The molecule has 1 heterocycles. The standard InChI is InChI=1S/C7H14N.Al.H3N/c1-7-4-2-3-5-8-6-7;;/h7-8H,1-6H2;;1H3. The number of nitrogens with one attached hydrogen (secondary N) is 1. The van der Waals surface area contributed by atoms with Crippen LogP contribution in [0.2, 0.25) is 5.28 Å². The van der Waals surface area contributed by atoms with Crippen LogP contribution in [0.1, 0.15) is 19.3 Å². The lowest BCUT2D eigenvalue weighted by atomic mass is 10.1. The summed E-state index contributed by atoms with van der Waals surface area (Å²) in [6.07, 6.45) is 4.23. The molecule has 2 nitrogen and oxygen atoms in total. The third-order valence-corrected chi connectivity index (χ3v) is 2.65. The molecule has 1 rings (SSSR count). The summed E-state index contributed by atoms with van der Waals surface area (Å²) in [7, 11) is 0. The van der Waals surface area contributed by atoms with E-state index in [-0.39, 0.29) is 6.15 Å². The van der Waals surface area contributed by atoms with Crippen molar-refractivity contribution in [3.8, 4) is 0 Å². The van der Waals surface area contributed by atoms with Crippen LogP contribution in [-0.2, 0) is 0 Å². The maximum absolute atomic E-state index is 3.43. The Kier molecular flexibility index (Phi) is 6.46. The topological polar surface area (TPSA) is 47.0 Å². The van der Waals surface area contributed by atoms with Crippen molar-refractivity contribution in [1.29, 1.82) is 0 Å². The SMILES string of the molecule is N.[Al][CH2]C1CCCCNC1. The summed E-state index contributed by atoms with van der Waals surface area (Å²) in [5, 5.41) is 4.71. The fourth-order valence-electron chi connectivity index (χ4n) is 1.29. The minimum atomic E-state index is 0. The van der Waals surface area contributed by atoms with Crippen molar-refractivity contribution in [2.45, 2.75) is 24.5 Å². The van der Waals surface area contributed by atoms with Gasteiger partial charge in [0.15, 0.2) is 0 Å². The second-order valence-corrected chi connectivity index (χ2v) is 3.27. The Morgan fingerprint density at radius 2 is 2.20 bits per heavy atom. The van der Waals surface area contributed by atoms with Gasteiger partial charge in [-0.2, -0.15) is 0 Å². The van der Waals surface area contributed by atoms with Gasteiger partial charge in [0.25, 0.3) is 0 Å². The maximum atomic E-state index is 3.43. The van der Waals surface area contributed by atoms with Gasteiger partial charge in [0.1, 0.15) is 16.3 Å². The molecule has 2 radical (unpaired) electrons. The molecular weight excluding hydrogens is 139 g/mol. The fraction of sp³-hybridized carbons (Fsp3) is 1.00.